The molecule has 110 valence electrons. The van der Waals surface area contributed by atoms with E-state index in [1.54, 1.807) is 17.4 Å². The van der Waals surface area contributed by atoms with Crippen LogP contribution in [0.4, 0.5) is 0 Å². The van der Waals surface area contributed by atoms with Gasteiger partial charge in [-0.05, 0) is 28.8 Å². The van der Waals surface area contributed by atoms with Gasteiger partial charge in [-0.3, -0.25) is 4.79 Å². The second-order valence-corrected chi connectivity index (χ2v) is 6.50. The Bertz CT molecular complexity index is 1010. The molecule has 0 atom stereocenters. The van der Waals surface area contributed by atoms with Crippen molar-refractivity contribution >= 4 is 21.4 Å². The number of benzene rings is 3. The zero-order chi connectivity index (χ0) is 15.6. The van der Waals surface area contributed by atoms with Gasteiger partial charge in [-0.2, -0.15) is 0 Å². The number of hydrogen-bond donors (Lipinski definition) is 0. The van der Waals surface area contributed by atoms with E-state index in [-0.39, 0.29) is 5.43 Å². The van der Waals surface area contributed by atoms with Gasteiger partial charge in [0.25, 0.3) is 0 Å². The number of rotatable bonds is 2. The molecule has 2 heteroatoms. The normalized spacial score (nSPS) is 10.8. The molecule has 0 aliphatic rings. The standard InChI is InChI=1S/C21H14OS/c22-19-14-21(23-20-9-5-4-8-18(19)20)17-12-10-16(11-13-17)15-6-2-1-3-7-15/h1-14H. The van der Waals surface area contributed by atoms with E-state index in [2.05, 4.69) is 36.4 Å². The Morgan fingerprint density at radius 1 is 0.609 bits per heavy atom. The third kappa shape index (κ3) is 2.69. The molecule has 1 aromatic heterocycles. The van der Waals surface area contributed by atoms with E-state index < -0.39 is 0 Å². The number of hydrogen-bond acceptors (Lipinski definition) is 2. The first-order valence-electron chi connectivity index (χ1n) is 7.50. The van der Waals surface area contributed by atoms with Crippen LogP contribution >= 0.6 is 11.3 Å². The van der Waals surface area contributed by atoms with Crippen molar-refractivity contribution in [2.45, 2.75) is 0 Å². The van der Waals surface area contributed by atoms with Crippen molar-refractivity contribution in [2.75, 3.05) is 0 Å². The zero-order valence-electron chi connectivity index (χ0n) is 12.4. The van der Waals surface area contributed by atoms with Crippen LogP contribution < -0.4 is 5.43 Å². The lowest BCUT2D eigenvalue weighted by Gasteiger charge is -2.05. The summed E-state index contributed by atoms with van der Waals surface area (Å²) in [4.78, 5) is 13.3. The third-order valence-corrected chi connectivity index (χ3v) is 5.06. The molecule has 0 bridgehead atoms. The highest BCUT2D eigenvalue weighted by atomic mass is 32.1. The molecular weight excluding hydrogens is 300 g/mol. The zero-order valence-corrected chi connectivity index (χ0v) is 13.2. The van der Waals surface area contributed by atoms with Crippen LogP contribution in [0, 0.1) is 0 Å². The van der Waals surface area contributed by atoms with Gasteiger partial charge < -0.3 is 0 Å². The quantitative estimate of drug-likeness (QED) is 0.471. The SMILES string of the molecule is O=c1cc(-c2ccc(-c3ccccc3)cc2)sc2ccccc12. The van der Waals surface area contributed by atoms with Crippen molar-refractivity contribution in [3.63, 3.8) is 0 Å². The largest absolute Gasteiger partial charge is 0.289 e. The minimum absolute atomic E-state index is 0.0847. The molecule has 0 spiro atoms. The maximum atomic E-state index is 12.3. The van der Waals surface area contributed by atoms with E-state index in [9.17, 15) is 4.79 Å². The summed E-state index contributed by atoms with van der Waals surface area (Å²) in [6.07, 6.45) is 0. The van der Waals surface area contributed by atoms with Crippen LogP contribution in [0.15, 0.2) is 89.7 Å². The molecule has 23 heavy (non-hydrogen) atoms. The summed E-state index contributed by atoms with van der Waals surface area (Å²) in [5.41, 5.74) is 3.55. The maximum absolute atomic E-state index is 12.3. The minimum Gasteiger partial charge on any atom is -0.289 e. The first-order valence-corrected chi connectivity index (χ1v) is 8.32. The van der Waals surface area contributed by atoms with Gasteiger partial charge in [0.1, 0.15) is 0 Å². The van der Waals surface area contributed by atoms with Crippen molar-refractivity contribution in [1.29, 1.82) is 0 Å². The maximum Gasteiger partial charge on any atom is 0.188 e. The molecule has 1 heterocycles. The first-order chi connectivity index (χ1) is 11.3. The van der Waals surface area contributed by atoms with E-state index in [1.807, 2.05) is 42.5 Å². The van der Waals surface area contributed by atoms with Crippen molar-refractivity contribution in [1.82, 2.24) is 0 Å². The Kier molecular flexibility index (Phi) is 3.52. The second-order valence-electron chi connectivity index (χ2n) is 5.41. The molecule has 0 aliphatic heterocycles. The Hall–Kier alpha value is -2.71. The van der Waals surface area contributed by atoms with Crippen LogP contribution in [0.2, 0.25) is 0 Å². The smallest absolute Gasteiger partial charge is 0.188 e. The van der Waals surface area contributed by atoms with E-state index in [4.69, 9.17) is 0 Å². The average molecular weight is 314 g/mol. The van der Waals surface area contributed by atoms with E-state index in [0.717, 1.165) is 20.5 Å². The molecule has 3 aromatic carbocycles. The molecule has 0 aliphatic carbocycles. The summed E-state index contributed by atoms with van der Waals surface area (Å²) in [6, 6.07) is 28.2. The van der Waals surface area contributed by atoms with Gasteiger partial charge in [0.2, 0.25) is 0 Å². The highest BCUT2D eigenvalue weighted by Gasteiger charge is 2.05. The number of fused-ring (bicyclic) bond motifs is 1. The lowest BCUT2D eigenvalue weighted by Crippen LogP contribution is -1.98. The van der Waals surface area contributed by atoms with Gasteiger partial charge in [-0.1, -0.05) is 66.7 Å². The Labute approximate surface area is 138 Å². The first kappa shape index (κ1) is 13.9. The van der Waals surface area contributed by atoms with E-state index in [1.165, 1.54) is 11.1 Å². The fourth-order valence-electron chi connectivity index (χ4n) is 2.70. The summed E-state index contributed by atoms with van der Waals surface area (Å²) < 4.78 is 1.03. The van der Waals surface area contributed by atoms with E-state index >= 15 is 0 Å². The molecule has 4 aromatic rings. The Morgan fingerprint density at radius 3 is 2.00 bits per heavy atom. The minimum atomic E-state index is 0.0847. The van der Waals surface area contributed by atoms with Crippen LogP contribution in [0.3, 0.4) is 0 Å². The molecule has 4 rings (SSSR count). The van der Waals surface area contributed by atoms with Crippen molar-refractivity contribution in [3.05, 3.63) is 95.2 Å². The molecule has 0 N–H and O–H groups in total. The highest BCUT2D eigenvalue weighted by molar-refractivity contribution is 7.21. The summed E-state index contributed by atoms with van der Waals surface area (Å²) in [7, 11) is 0. The second kappa shape index (κ2) is 5.82. The van der Waals surface area contributed by atoms with E-state index in [0.29, 0.717) is 0 Å². The molecule has 0 fully saturated rings. The lowest BCUT2D eigenvalue weighted by atomic mass is 10.0. The summed E-state index contributed by atoms with van der Waals surface area (Å²) in [5.74, 6) is 0. The summed E-state index contributed by atoms with van der Waals surface area (Å²) in [5, 5.41) is 0.794. The predicted molar refractivity (Wildman–Crippen MR) is 99.0 cm³/mol. The van der Waals surface area contributed by atoms with Gasteiger partial charge >= 0.3 is 0 Å². The van der Waals surface area contributed by atoms with Crippen molar-refractivity contribution in [2.24, 2.45) is 0 Å². The summed E-state index contributed by atoms with van der Waals surface area (Å²) in [6.45, 7) is 0. The monoisotopic (exact) mass is 314 g/mol. The fourth-order valence-corrected chi connectivity index (χ4v) is 3.79. The molecule has 0 radical (unpaired) electrons. The molecule has 1 nitrogen and oxygen atoms in total. The van der Waals surface area contributed by atoms with Crippen LogP contribution in [-0.2, 0) is 0 Å². The molecule has 0 saturated heterocycles. The molecular formula is C21H14OS. The van der Waals surface area contributed by atoms with Gasteiger partial charge in [0.15, 0.2) is 5.43 Å². The Balaban J connectivity index is 1.78. The van der Waals surface area contributed by atoms with Gasteiger partial charge in [-0.15, -0.1) is 11.3 Å². The van der Waals surface area contributed by atoms with Crippen LogP contribution in [-0.4, -0.2) is 0 Å². The van der Waals surface area contributed by atoms with Gasteiger partial charge in [0.05, 0.1) is 0 Å². The van der Waals surface area contributed by atoms with Crippen LogP contribution in [0.5, 0.6) is 0 Å². The predicted octanol–water partition coefficient (Wildman–Crippen LogP) is 5.60. The Morgan fingerprint density at radius 2 is 1.22 bits per heavy atom. The highest BCUT2D eigenvalue weighted by Crippen LogP contribution is 2.29. The van der Waals surface area contributed by atoms with Gasteiger partial charge in [0, 0.05) is 21.0 Å². The van der Waals surface area contributed by atoms with Crippen molar-refractivity contribution in [3.8, 4) is 21.6 Å². The molecule has 0 saturated carbocycles. The lowest BCUT2D eigenvalue weighted by molar-refractivity contribution is 1.61. The van der Waals surface area contributed by atoms with Crippen molar-refractivity contribution < 1.29 is 0 Å². The molecule has 0 amide bonds. The van der Waals surface area contributed by atoms with Crippen LogP contribution in [0.1, 0.15) is 0 Å². The summed E-state index contributed by atoms with van der Waals surface area (Å²) >= 11 is 1.66. The third-order valence-electron chi connectivity index (χ3n) is 3.91. The fraction of sp³-hybridized carbons (Fsp3) is 0. The van der Waals surface area contributed by atoms with Gasteiger partial charge in [-0.25, -0.2) is 0 Å². The molecule has 0 unspecified atom stereocenters. The topological polar surface area (TPSA) is 17.1 Å². The van der Waals surface area contributed by atoms with Crippen LogP contribution in [0.25, 0.3) is 31.7 Å². The average Bonchev–Trinajstić information content (AvgIpc) is 2.63.